The lowest BCUT2D eigenvalue weighted by atomic mass is 10.1. The van der Waals surface area contributed by atoms with E-state index in [2.05, 4.69) is 4.90 Å². The van der Waals surface area contributed by atoms with Crippen molar-refractivity contribution in [2.75, 3.05) is 37.7 Å². The molecule has 0 N–H and O–H groups in total. The fourth-order valence-corrected chi connectivity index (χ4v) is 3.52. The Morgan fingerprint density at radius 1 is 1.20 bits per heavy atom. The number of rotatable bonds is 3. The second-order valence-corrected chi connectivity index (χ2v) is 6.47. The number of ether oxygens (including phenoxy) is 1. The smallest absolute Gasteiger partial charge is 0.410 e. The molecule has 0 unspecified atom stereocenters. The van der Waals surface area contributed by atoms with Crippen molar-refractivity contribution in [2.24, 2.45) is 0 Å². The number of likely N-dealkylation sites (tertiary alicyclic amines) is 1. The molecule has 3 rings (SSSR count). The Balaban J connectivity index is 1.39. The lowest BCUT2D eigenvalue weighted by molar-refractivity contribution is 0.0222. The molecule has 4 nitrogen and oxygen atoms in total. The van der Waals surface area contributed by atoms with Gasteiger partial charge in [0.2, 0.25) is 0 Å². The monoisotopic (exact) mass is 292 g/mol. The van der Waals surface area contributed by atoms with E-state index in [0.29, 0.717) is 12.6 Å². The number of nitrogens with zero attached hydrogens (tertiary/aromatic N) is 2. The third-order valence-electron chi connectivity index (χ3n) is 3.89. The van der Waals surface area contributed by atoms with Crippen LogP contribution in [0.15, 0.2) is 30.3 Å². The summed E-state index contributed by atoms with van der Waals surface area (Å²) >= 11 is 2.02. The molecule has 2 aliphatic rings. The highest BCUT2D eigenvalue weighted by Crippen LogP contribution is 2.20. The summed E-state index contributed by atoms with van der Waals surface area (Å²) in [5.74, 6) is 2.43. The van der Waals surface area contributed by atoms with Crippen LogP contribution >= 0.6 is 11.8 Å². The minimum absolute atomic E-state index is 0.184. The highest BCUT2D eigenvalue weighted by Gasteiger charge is 2.35. The van der Waals surface area contributed by atoms with Gasteiger partial charge in [-0.3, -0.25) is 4.90 Å². The van der Waals surface area contributed by atoms with Crippen molar-refractivity contribution >= 4 is 17.9 Å². The van der Waals surface area contributed by atoms with Crippen molar-refractivity contribution in [3.05, 3.63) is 35.9 Å². The third kappa shape index (κ3) is 3.27. The largest absolute Gasteiger partial charge is 0.445 e. The van der Waals surface area contributed by atoms with Gasteiger partial charge in [0.15, 0.2) is 0 Å². The number of amides is 1. The van der Waals surface area contributed by atoms with E-state index in [4.69, 9.17) is 4.74 Å². The number of hydrogen-bond donors (Lipinski definition) is 0. The van der Waals surface area contributed by atoms with Gasteiger partial charge in [0.1, 0.15) is 6.61 Å². The molecule has 2 saturated heterocycles. The molecule has 2 aliphatic heterocycles. The molecule has 0 spiro atoms. The van der Waals surface area contributed by atoms with Gasteiger partial charge in [-0.1, -0.05) is 30.3 Å². The number of thioether (sulfide) groups is 1. The Bertz CT molecular complexity index is 442. The zero-order chi connectivity index (χ0) is 13.8. The van der Waals surface area contributed by atoms with Crippen molar-refractivity contribution in [3.8, 4) is 0 Å². The van der Waals surface area contributed by atoms with Crippen molar-refractivity contribution < 1.29 is 9.53 Å². The second kappa shape index (κ2) is 6.50. The second-order valence-electron chi connectivity index (χ2n) is 5.25. The van der Waals surface area contributed by atoms with Crippen molar-refractivity contribution in [2.45, 2.75) is 12.6 Å². The van der Waals surface area contributed by atoms with Gasteiger partial charge < -0.3 is 9.64 Å². The van der Waals surface area contributed by atoms with Crippen LogP contribution in [0.4, 0.5) is 4.79 Å². The predicted molar refractivity (Wildman–Crippen MR) is 80.9 cm³/mol. The summed E-state index contributed by atoms with van der Waals surface area (Å²) in [6, 6.07) is 10.4. The quantitative estimate of drug-likeness (QED) is 0.854. The molecule has 0 radical (unpaired) electrons. The number of carbonyl (C=O) groups is 1. The summed E-state index contributed by atoms with van der Waals surface area (Å²) in [5.41, 5.74) is 1.03. The molecular formula is C15H20N2O2S. The SMILES string of the molecule is O=C(OCc1ccccc1)N1CC(N2CCSCC2)C1. The Labute approximate surface area is 124 Å². The molecule has 0 bridgehead atoms. The summed E-state index contributed by atoms with van der Waals surface area (Å²) in [4.78, 5) is 16.2. The maximum absolute atomic E-state index is 11.9. The van der Waals surface area contributed by atoms with Gasteiger partial charge in [-0.25, -0.2) is 4.79 Å². The average molecular weight is 292 g/mol. The molecule has 1 amide bonds. The number of carbonyl (C=O) groups excluding carboxylic acids is 1. The summed E-state index contributed by atoms with van der Waals surface area (Å²) in [5, 5.41) is 0. The Morgan fingerprint density at radius 2 is 1.90 bits per heavy atom. The van der Waals surface area contributed by atoms with Gasteiger partial charge in [-0.15, -0.1) is 0 Å². The van der Waals surface area contributed by atoms with E-state index in [1.165, 1.54) is 11.5 Å². The van der Waals surface area contributed by atoms with E-state index < -0.39 is 0 Å². The zero-order valence-electron chi connectivity index (χ0n) is 11.5. The number of hydrogen-bond acceptors (Lipinski definition) is 4. The molecule has 0 aliphatic carbocycles. The third-order valence-corrected chi connectivity index (χ3v) is 4.83. The van der Waals surface area contributed by atoms with E-state index in [-0.39, 0.29) is 6.09 Å². The van der Waals surface area contributed by atoms with Crippen molar-refractivity contribution in [1.82, 2.24) is 9.80 Å². The Hall–Kier alpha value is -1.20. The van der Waals surface area contributed by atoms with Crippen LogP contribution in [0, 0.1) is 0 Å². The van der Waals surface area contributed by atoms with E-state index in [0.717, 1.165) is 31.7 Å². The first-order chi connectivity index (χ1) is 9.83. The minimum atomic E-state index is -0.184. The first-order valence-corrected chi connectivity index (χ1v) is 8.26. The van der Waals surface area contributed by atoms with Gasteiger partial charge in [0, 0.05) is 43.7 Å². The van der Waals surface area contributed by atoms with E-state index in [1.807, 2.05) is 42.1 Å². The van der Waals surface area contributed by atoms with Gasteiger partial charge in [-0.2, -0.15) is 11.8 Å². The maximum atomic E-state index is 11.9. The molecule has 1 aromatic carbocycles. The van der Waals surface area contributed by atoms with Crippen LogP contribution < -0.4 is 0 Å². The molecule has 20 heavy (non-hydrogen) atoms. The van der Waals surface area contributed by atoms with Gasteiger partial charge in [0.05, 0.1) is 0 Å². The van der Waals surface area contributed by atoms with E-state index >= 15 is 0 Å². The normalized spacial score (nSPS) is 20.5. The van der Waals surface area contributed by atoms with Crippen LogP contribution in [0.1, 0.15) is 5.56 Å². The highest BCUT2D eigenvalue weighted by atomic mass is 32.2. The van der Waals surface area contributed by atoms with Crippen LogP contribution in [0.5, 0.6) is 0 Å². The van der Waals surface area contributed by atoms with Crippen LogP contribution in [-0.2, 0) is 11.3 Å². The molecule has 108 valence electrons. The molecule has 0 saturated carbocycles. The molecule has 0 atom stereocenters. The standard InChI is InChI=1S/C15H20N2O2S/c18-15(19-12-13-4-2-1-3-5-13)17-10-14(11-17)16-6-8-20-9-7-16/h1-5,14H,6-12H2. The summed E-state index contributed by atoms with van der Waals surface area (Å²) in [6.45, 7) is 4.31. The van der Waals surface area contributed by atoms with Crippen LogP contribution in [0.2, 0.25) is 0 Å². The van der Waals surface area contributed by atoms with Crippen LogP contribution in [0.25, 0.3) is 0 Å². The lowest BCUT2D eigenvalue weighted by Crippen LogP contribution is -2.62. The fraction of sp³-hybridized carbons (Fsp3) is 0.533. The summed E-state index contributed by atoms with van der Waals surface area (Å²) < 4.78 is 5.33. The van der Waals surface area contributed by atoms with Crippen molar-refractivity contribution in [1.29, 1.82) is 0 Å². The highest BCUT2D eigenvalue weighted by molar-refractivity contribution is 7.99. The lowest BCUT2D eigenvalue weighted by Gasteiger charge is -2.45. The van der Waals surface area contributed by atoms with Crippen LogP contribution in [0.3, 0.4) is 0 Å². The Morgan fingerprint density at radius 3 is 2.60 bits per heavy atom. The number of benzene rings is 1. The molecular weight excluding hydrogens is 272 g/mol. The summed E-state index contributed by atoms with van der Waals surface area (Å²) in [6.07, 6.45) is -0.184. The predicted octanol–water partition coefficient (Wildman–Crippen LogP) is 2.06. The molecule has 2 heterocycles. The van der Waals surface area contributed by atoms with E-state index in [9.17, 15) is 4.79 Å². The Kier molecular flexibility index (Phi) is 4.47. The molecule has 1 aromatic rings. The van der Waals surface area contributed by atoms with Gasteiger partial charge in [0.25, 0.3) is 0 Å². The van der Waals surface area contributed by atoms with Gasteiger partial charge >= 0.3 is 6.09 Å². The average Bonchev–Trinajstić information content (AvgIpc) is 2.46. The van der Waals surface area contributed by atoms with Crippen molar-refractivity contribution in [3.63, 3.8) is 0 Å². The molecule has 0 aromatic heterocycles. The van der Waals surface area contributed by atoms with E-state index in [1.54, 1.807) is 4.90 Å². The molecule has 2 fully saturated rings. The molecule has 5 heteroatoms. The first-order valence-electron chi connectivity index (χ1n) is 7.10. The van der Waals surface area contributed by atoms with Crippen LogP contribution in [-0.4, -0.2) is 59.6 Å². The minimum Gasteiger partial charge on any atom is -0.445 e. The first kappa shape index (κ1) is 13.8. The maximum Gasteiger partial charge on any atom is 0.410 e. The fourth-order valence-electron chi connectivity index (χ4n) is 2.59. The topological polar surface area (TPSA) is 32.8 Å². The van der Waals surface area contributed by atoms with Gasteiger partial charge in [-0.05, 0) is 5.56 Å². The zero-order valence-corrected chi connectivity index (χ0v) is 12.3. The summed E-state index contributed by atoms with van der Waals surface area (Å²) in [7, 11) is 0.